The number of hydrogen-bond donors (Lipinski definition) is 2. The topological polar surface area (TPSA) is 76.9 Å². The number of carbonyl (C=O) groups is 1. The van der Waals surface area contributed by atoms with Gasteiger partial charge < -0.3 is 15.1 Å². The molecule has 108 valence electrons. The summed E-state index contributed by atoms with van der Waals surface area (Å²) in [6, 6.07) is 3.90. The van der Waals surface area contributed by atoms with Crippen LogP contribution in [0.15, 0.2) is 18.3 Å². The number of hydrogen-bond acceptors (Lipinski definition) is 5. The van der Waals surface area contributed by atoms with Gasteiger partial charge in [0.15, 0.2) is 0 Å². The zero-order valence-corrected chi connectivity index (χ0v) is 11.3. The predicted molar refractivity (Wildman–Crippen MR) is 74.0 cm³/mol. The van der Waals surface area contributed by atoms with E-state index in [1.807, 2.05) is 0 Å². The Morgan fingerprint density at radius 1 is 1.20 bits per heavy atom. The Morgan fingerprint density at radius 2 is 1.90 bits per heavy atom. The van der Waals surface area contributed by atoms with Crippen molar-refractivity contribution in [2.75, 3.05) is 31.1 Å². The minimum atomic E-state index is -0.947. The first-order chi connectivity index (χ1) is 9.63. The number of piperazine rings is 1. The maximum absolute atomic E-state index is 10.8. The third-order valence-corrected chi connectivity index (χ3v) is 4.24. The summed E-state index contributed by atoms with van der Waals surface area (Å²) in [5.74, 6) is -0.110. The second-order valence-corrected chi connectivity index (χ2v) is 5.51. The average Bonchev–Trinajstić information content (AvgIpc) is 2.44. The van der Waals surface area contributed by atoms with E-state index < -0.39 is 5.97 Å². The van der Waals surface area contributed by atoms with Crippen LogP contribution >= 0.6 is 0 Å². The first kappa shape index (κ1) is 13.3. The molecule has 1 aliphatic carbocycles. The Kier molecular flexibility index (Phi) is 3.58. The van der Waals surface area contributed by atoms with E-state index in [2.05, 4.69) is 14.8 Å². The Bertz CT molecular complexity index is 477. The quantitative estimate of drug-likeness (QED) is 0.834. The molecule has 2 fully saturated rings. The van der Waals surface area contributed by atoms with E-state index in [0.29, 0.717) is 6.04 Å². The standard InChI is InChI=1S/C14H19N3O3/c18-12-7-11(8-12)16-3-5-17(6-4-16)13-2-1-10(9-15-13)14(19)20/h1-2,9,11-12,18H,3-8H2,(H,19,20). The number of nitrogens with zero attached hydrogens (tertiary/aromatic N) is 3. The molecular weight excluding hydrogens is 258 g/mol. The smallest absolute Gasteiger partial charge is 0.337 e. The van der Waals surface area contributed by atoms with Gasteiger partial charge in [0, 0.05) is 38.4 Å². The Morgan fingerprint density at radius 3 is 2.40 bits per heavy atom. The molecule has 2 aliphatic rings. The lowest BCUT2D eigenvalue weighted by molar-refractivity contribution is -0.000416. The molecule has 3 rings (SSSR count). The van der Waals surface area contributed by atoms with Crippen molar-refractivity contribution < 1.29 is 15.0 Å². The summed E-state index contributed by atoms with van der Waals surface area (Å²) in [5.41, 5.74) is 0.218. The van der Waals surface area contributed by atoms with E-state index in [4.69, 9.17) is 5.11 Å². The molecule has 2 heterocycles. The number of anilines is 1. The highest BCUT2D eigenvalue weighted by Gasteiger charge is 2.33. The lowest BCUT2D eigenvalue weighted by Gasteiger charge is -2.45. The molecule has 0 amide bonds. The van der Waals surface area contributed by atoms with E-state index in [-0.39, 0.29) is 11.7 Å². The number of aromatic nitrogens is 1. The minimum Gasteiger partial charge on any atom is -0.478 e. The second-order valence-electron chi connectivity index (χ2n) is 5.51. The summed E-state index contributed by atoms with van der Waals surface area (Å²) in [6.07, 6.45) is 3.09. The SMILES string of the molecule is O=C(O)c1ccc(N2CCN(C3CC(O)C3)CC2)nc1. The molecule has 0 unspecified atom stereocenters. The molecule has 1 saturated heterocycles. The minimum absolute atomic E-state index is 0.108. The van der Waals surface area contributed by atoms with Crippen LogP contribution in [0.25, 0.3) is 0 Å². The largest absolute Gasteiger partial charge is 0.478 e. The second kappa shape index (κ2) is 5.38. The average molecular weight is 277 g/mol. The summed E-state index contributed by atoms with van der Waals surface area (Å²) >= 11 is 0. The van der Waals surface area contributed by atoms with Crippen molar-refractivity contribution in [2.45, 2.75) is 25.0 Å². The number of aliphatic hydroxyl groups excluding tert-OH is 1. The summed E-state index contributed by atoms with van der Waals surface area (Å²) in [7, 11) is 0. The normalized spacial score (nSPS) is 27.1. The fourth-order valence-corrected chi connectivity index (χ4v) is 2.87. The number of aliphatic hydroxyl groups is 1. The van der Waals surface area contributed by atoms with E-state index in [0.717, 1.165) is 44.8 Å². The van der Waals surface area contributed by atoms with Crippen LogP contribution in [0, 0.1) is 0 Å². The maximum Gasteiger partial charge on any atom is 0.337 e. The van der Waals surface area contributed by atoms with E-state index in [9.17, 15) is 9.90 Å². The van der Waals surface area contributed by atoms with Gasteiger partial charge in [-0.15, -0.1) is 0 Å². The van der Waals surface area contributed by atoms with Gasteiger partial charge in [0.25, 0.3) is 0 Å². The van der Waals surface area contributed by atoms with Crippen LogP contribution in [-0.4, -0.2) is 64.4 Å². The van der Waals surface area contributed by atoms with Crippen molar-refractivity contribution >= 4 is 11.8 Å². The van der Waals surface area contributed by atoms with E-state index in [1.165, 1.54) is 6.20 Å². The molecule has 1 aromatic rings. The van der Waals surface area contributed by atoms with Gasteiger partial charge in [0.2, 0.25) is 0 Å². The van der Waals surface area contributed by atoms with Crippen molar-refractivity contribution in [3.63, 3.8) is 0 Å². The molecule has 1 aliphatic heterocycles. The molecular formula is C14H19N3O3. The summed E-state index contributed by atoms with van der Waals surface area (Å²) in [4.78, 5) is 19.6. The monoisotopic (exact) mass is 277 g/mol. The van der Waals surface area contributed by atoms with Crippen molar-refractivity contribution in [1.82, 2.24) is 9.88 Å². The molecule has 6 nitrogen and oxygen atoms in total. The van der Waals surface area contributed by atoms with Crippen LogP contribution in [0.2, 0.25) is 0 Å². The molecule has 0 radical (unpaired) electrons. The van der Waals surface area contributed by atoms with Gasteiger partial charge >= 0.3 is 5.97 Å². The molecule has 20 heavy (non-hydrogen) atoms. The van der Waals surface area contributed by atoms with Crippen LogP contribution in [0.5, 0.6) is 0 Å². The fourth-order valence-electron chi connectivity index (χ4n) is 2.87. The predicted octanol–water partition coefficient (Wildman–Crippen LogP) is 0.425. The molecule has 1 saturated carbocycles. The number of aromatic carboxylic acids is 1. The third kappa shape index (κ3) is 2.62. The molecule has 0 atom stereocenters. The number of carboxylic acids is 1. The van der Waals surface area contributed by atoms with E-state index >= 15 is 0 Å². The number of carboxylic acid groups (broad SMARTS) is 1. The van der Waals surface area contributed by atoms with Gasteiger partial charge in [-0.2, -0.15) is 0 Å². The van der Waals surface area contributed by atoms with Gasteiger partial charge in [0.05, 0.1) is 11.7 Å². The Labute approximate surface area is 117 Å². The van der Waals surface area contributed by atoms with Crippen molar-refractivity contribution in [1.29, 1.82) is 0 Å². The molecule has 2 N–H and O–H groups in total. The van der Waals surface area contributed by atoms with Crippen molar-refractivity contribution in [2.24, 2.45) is 0 Å². The van der Waals surface area contributed by atoms with Gasteiger partial charge in [-0.1, -0.05) is 0 Å². The van der Waals surface area contributed by atoms with Gasteiger partial charge in [0.1, 0.15) is 5.82 Å². The highest BCUT2D eigenvalue weighted by molar-refractivity contribution is 5.87. The Hall–Kier alpha value is -1.66. The molecule has 6 heteroatoms. The van der Waals surface area contributed by atoms with E-state index in [1.54, 1.807) is 12.1 Å². The summed E-state index contributed by atoms with van der Waals surface area (Å²) in [6.45, 7) is 3.73. The summed E-state index contributed by atoms with van der Waals surface area (Å²) < 4.78 is 0. The molecule has 0 spiro atoms. The molecule has 1 aromatic heterocycles. The van der Waals surface area contributed by atoms with Crippen molar-refractivity contribution in [3.8, 4) is 0 Å². The zero-order chi connectivity index (χ0) is 14.1. The Balaban J connectivity index is 1.56. The lowest BCUT2D eigenvalue weighted by Crippen LogP contribution is -2.55. The molecule has 0 aromatic carbocycles. The fraction of sp³-hybridized carbons (Fsp3) is 0.571. The third-order valence-electron chi connectivity index (χ3n) is 4.24. The van der Waals surface area contributed by atoms with Crippen LogP contribution < -0.4 is 4.90 Å². The number of pyridine rings is 1. The van der Waals surface area contributed by atoms with Crippen LogP contribution in [0.4, 0.5) is 5.82 Å². The first-order valence-corrected chi connectivity index (χ1v) is 7.00. The van der Waals surface area contributed by atoms with Crippen LogP contribution in [-0.2, 0) is 0 Å². The first-order valence-electron chi connectivity index (χ1n) is 7.00. The lowest BCUT2D eigenvalue weighted by atomic mass is 9.88. The van der Waals surface area contributed by atoms with Gasteiger partial charge in [-0.05, 0) is 25.0 Å². The highest BCUT2D eigenvalue weighted by atomic mass is 16.4. The number of rotatable bonds is 3. The zero-order valence-electron chi connectivity index (χ0n) is 11.3. The van der Waals surface area contributed by atoms with Crippen LogP contribution in [0.3, 0.4) is 0 Å². The molecule has 0 bridgehead atoms. The summed E-state index contributed by atoms with van der Waals surface area (Å²) in [5, 5.41) is 18.2. The maximum atomic E-state index is 10.8. The van der Waals surface area contributed by atoms with Crippen LogP contribution in [0.1, 0.15) is 23.2 Å². The van der Waals surface area contributed by atoms with Gasteiger partial charge in [-0.25, -0.2) is 9.78 Å². The van der Waals surface area contributed by atoms with Crippen molar-refractivity contribution in [3.05, 3.63) is 23.9 Å². The van der Waals surface area contributed by atoms with Gasteiger partial charge in [-0.3, -0.25) is 4.90 Å². The highest BCUT2D eigenvalue weighted by Crippen LogP contribution is 2.27.